The third kappa shape index (κ3) is 2.56. The van der Waals surface area contributed by atoms with E-state index in [4.69, 9.17) is 0 Å². The predicted octanol–water partition coefficient (Wildman–Crippen LogP) is 2.65. The molecule has 3 rings (SSSR count). The summed E-state index contributed by atoms with van der Waals surface area (Å²) in [4.78, 5) is 28.7. The Bertz CT molecular complexity index is 1000. The number of hydrogen-bond donors (Lipinski definition) is 0. The molecule has 1 aromatic carbocycles. The fraction of sp³-hybridized carbons (Fsp3) is 0.176. The molecular weight excluding hydrogens is 324 g/mol. The van der Waals surface area contributed by atoms with Gasteiger partial charge in [-0.2, -0.15) is 5.10 Å². The second-order valence-electron chi connectivity index (χ2n) is 5.31. The number of thioether (sulfide) groups is 1. The van der Waals surface area contributed by atoms with Gasteiger partial charge < -0.3 is 4.57 Å². The van der Waals surface area contributed by atoms with Crippen LogP contribution in [0, 0.1) is 0 Å². The monoisotopic (exact) mass is 340 g/mol. The van der Waals surface area contributed by atoms with Crippen LogP contribution >= 0.6 is 11.8 Å². The molecule has 7 heteroatoms. The normalized spacial score (nSPS) is 10.9. The average Bonchev–Trinajstić information content (AvgIpc) is 2.89. The van der Waals surface area contributed by atoms with Crippen LogP contribution in [0.15, 0.2) is 45.1 Å². The Morgan fingerprint density at radius 3 is 2.88 bits per heavy atom. The number of aryl methyl sites for hydroxylation is 1. The Morgan fingerprint density at radius 1 is 1.42 bits per heavy atom. The number of nitrogens with zero attached hydrogens (tertiary/aromatic N) is 4. The number of aliphatic imine (C=N–C) groups is 1. The van der Waals surface area contributed by atoms with Crippen LogP contribution in [0.5, 0.6) is 0 Å². The van der Waals surface area contributed by atoms with Gasteiger partial charge in [-0.1, -0.05) is 18.2 Å². The molecule has 0 aliphatic rings. The first-order chi connectivity index (χ1) is 11.6. The number of carbonyl (C=O) groups is 1. The Hall–Kier alpha value is -2.67. The molecule has 0 saturated heterocycles. The number of benzene rings is 1. The molecule has 3 aromatic rings. The van der Waals surface area contributed by atoms with Gasteiger partial charge in [0.15, 0.2) is 0 Å². The van der Waals surface area contributed by atoms with Gasteiger partial charge in [0.05, 0.1) is 17.6 Å². The second-order valence-corrected chi connectivity index (χ2v) is 6.12. The predicted molar refractivity (Wildman–Crippen MR) is 96.9 cm³/mol. The number of fused-ring (bicyclic) bond motifs is 1. The molecule has 2 heterocycles. The van der Waals surface area contributed by atoms with Crippen LogP contribution in [-0.4, -0.2) is 33.6 Å². The van der Waals surface area contributed by atoms with Gasteiger partial charge in [-0.15, -0.1) is 11.8 Å². The molecule has 2 aromatic heterocycles. The largest absolute Gasteiger partial charge is 0.323 e. The van der Waals surface area contributed by atoms with Crippen molar-refractivity contribution in [2.45, 2.75) is 11.4 Å². The molecule has 0 aliphatic heterocycles. The highest BCUT2D eigenvalue weighted by Crippen LogP contribution is 2.35. The highest BCUT2D eigenvalue weighted by molar-refractivity contribution is 7.99. The molecule has 0 spiro atoms. The van der Waals surface area contributed by atoms with Gasteiger partial charge in [-0.05, 0) is 24.6 Å². The van der Waals surface area contributed by atoms with E-state index in [9.17, 15) is 9.59 Å². The molecule has 0 radical (unpaired) electrons. The summed E-state index contributed by atoms with van der Waals surface area (Å²) in [5, 5.41) is 5.06. The van der Waals surface area contributed by atoms with Crippen LogP contribution in [0.3, 0.4) is 0 Å². The summed E-state index contributed by atoms with van der Waals surface area (Å²) in [5.41, 5.74) is 1.76. The molecular formula is C17H16N4O2S. The first-order valence-electron chi connectivity index (χ1n) is 7.24. The number of aromatic nitrogens is 3. The number of rotatable bonds is 5. The third-order valence-corrected chi connectivity index (χ3v) is 4.70. The van der Waals surface area contributed by atoms with E-state index in [-0.39, 0.29) is 5.56 Å². The molecule has 0 bridgehead atoms. The summed E-state index contributed by atoms with van der Waals surface area (Å²) in [6.45, 7) is 3.89. The highest BCUT2D eigenvalue weighted by Gasteiger charge is 2.18. The van der Waals surface area contributed by atoms with Crippen molar-refractivity contribution in [3.8, 4) is 0 Å². The van der Waals surface area contributed by atoms with Crippen LogP contribution in [0.2, 0.25) is 0 Å². The zero-order valence-corrected chi connectivity index (χ0v) is 14.2. The molecule has 0 amide bonds. The van der Waals surface area contributed by atoms with Crippen molar-refractivity contribution in [3.05, 3.63) is 51.9 Å². The molecule has 122 valence electrons. The third-order valence-electron chi connectivity index (χ3n) is 3.89. The minimum Gasteiger partial charge on any atom is -0.323 e. The summed E-state index contributed by atoms with van der Waals surface area (Å²) >= 11 is 1.51. The summed E-state index contributed by atoms with van der Waals surface area (Å²) < 4.78 is 3.14. The van der Waals surface area contributed by atoms with Crippen molar-refractivity contribution < 1.29 is 4.79 Å². The Labute approximate surface area is 142 Å². The molecule has 0 unspecified atom stereocenters. The number of carbonyl (C=O) groups excluding carboxylic acids is 1. The Kier molecular flexibility index (Phi) is 4.35. The zero-order valence-electron chi connectivity index (χ0n) is 13.4. The van der Waals surface area contributed by atoms with Gasteiger partial charge in [-0.25, -0.2) is 9.67 Å². The Balaban J connectivity index is 2.15. The van der Waals surface area contributed by atoms with Crippen LogP contribution < -0.4 is 5.56 Å². The van der Waals surface area contributed by atoms with E-state index in [0.29, 0.717) is 23.4 Å². The summed E-state index contributed by atoms with van der Waals surface area (Å²) in [6.07, 6.45) is 4.40. The molecule has 0 N–H and O–H groups in total. The van der Waals surface area contributed by atoms with E-state index in [1.165, 1.54) is 16.4 Å². The van der Waals surface area contributed by atoms with Crippen LogP contribution in [0.4, 0.5) is 5.82 Å². The SMILES string of the molecule is C=Nc1c(SC)c2cnn(Cc3cccc(C=O)c3)c(=O)c2n1C. The Morgan fingerprint density at radius 2 is 2.21 bits per heavy atom. The minimum absolute atomic E-state index is 0.197. The van der Waals surface area contributed by atoms with Gasteiger partial charge in [0.1, 0.15) is 17.6 Å². The van der Waals surface area contributed by atoms with Gasteiger partial charge in [0.25, 0.3) is 5.56 Å². The topological polar surface area (TPSA) is 69.2 Å². The summed E-state index contributed by atoms with van der Waals surface area (Å²) in [5.74, 6) is 0.664. The lowest BCUT2D eigenvalue weighted by Crippen LogP contribution is -2.24. The maximum atomic E-state index is 12.8. The van der Waals surface area contributed by atoms with Crippen molar-refractivity contribution in [3.63, 3.8) is 0 Å². The van der Waals surface area contributed by atoms with E-state index >= 15 is 0 Å². The van der Waals surface area contributed by atoms with Crippen LogP contribution in [-0.2, 0) is 13.6 Å². The second kappa shape index (κ2) is 6.45. The fourth-order valence-electron chi connectivity index (χ4n) is 2.78. The van der Waals surface area contributed by atoms with Gasteiger partial charge in [-0.3, -0.25) is 9.59 Å². The van der Waals surface area contributed by atoms with E-state index in [1.807, 2.05) is 12.3 Å². The smallest absolute Gasteiger partial charge is 0.291 e. The van der Waals surface area contributed by atoms with Gasteiger partial charge in [0, 0.05) is 18.0 Å². The lowest BCUT2D eigenvalue weighted by molar-refractivity contribution is 0.112. The molecule has 0 aliphatic carbocycles. The molecule has 24 heavy (non-hydrogen) atoms. The van der Waals surface area contributed by atoms with E-state index in [0.717, 1.165) is 22.1 Å². The number of hydrogen-bond acceptors (Lipinski definition) is 5. The molecule has 0 fully saturated rings. The van der Waals surface area contributed by atoms with Crippen molar-refractivity contribution in [2.75, 3.05) is 6.26 Å². The van der Waals surface area contributed by atoms with Gasteiger partial charge in [0.2, 0.25) is 0 Å². The first kappa shape index (κ1) is 16.2. The zero-order chi connectivity index (χ0) is 17.3. The molecule has 6 nitrogen and oxygen atoms in total. The molecule has 0 saturated carbocycles. The van der Waals surface area contributed by atoms with Crippen LogP contribution in [0.25, 0.3) is 10.9 Å². The van der Waals surface area contributed by atoms with Crippen molar-refractivity contribution in [2.24, 2.45) is 12.0 Å². The minimum atomic E-state index is -0.197. The van der Waals surface area contributed by atoms with Crippen molar-refractivity contribution in [1.29, 1.82) is 0 Å². The van der Waals surface area contributed by atoms with E-state index < -0.39 is 0 Å². The lowest BCUT2D eigenvalue weighted by atomic mass is 10.1. The van der Waals surface area contributed by atoms with Gasteiger partial charge >= 0.3 is 0 Å². The lowest BCUT2D eigenvalue weighted by Gasteiger charge is -2.06. The van der Waals surface area contributed by atoms with Crippen molar-refractivity contribution in [1.82, 2.24) is 14.3 Å². The van der Waals surface area contributed by atoms with E-state index in [2.05, 4.69) is 16.8 Å². The summed E-state index contributed by atoms with van der Waals surface area (Å²) in [7, 11) is 1.80. The molecule has 0 atom stereocenters. The maximum absolute atomic E-state index is 12.8. The van der Waals surface area contributed by atoms with E-state index in [1.54, 1.807) is 36.0 Å². The number of aldehydes is 1. The van der Waals surface area contributed by atoms with Crippen molar-refractivity contribution >= 4 is 41.5 Å². The van der Waals surface area contributed by atoms with Crippen LogP contribution in [0.1, 0.15) is 15.9 Å². The first-order valence-corrected chi connectivity index (χ1v) is 8.46. The average molecular weight is 340 g/mol. The highest BCUT2D eigenvalue weighted by atomic mass is 32.2. The quantitative estimate of drug-likeness (QED) is 0.407. The fourth-order valence-corrected chi connectivity index (χ4v) is 3.53. The summed E-state index contributed by atoms with van der Waals surface area (Å²) in [6, 6.07) is 7.12. The maximum Gasteiger partial charge on any atom is 0.291 e. The standard InChI is InChI=1S/C17H16N4O2S/c1-18-16-15(24-3)13-8-19-21(17(23)14(13)20(16)2)9-11-5-4-6-12(7-11)10-22/h4-8,10H,1,9H2,2-3H3.